The second-order valence-electron chi connectivity index (χ2n) is 10.6. The van der Waals surface area contributed by atoms with Gasteiger partial charge in [-0.3, -0.25) is 0 Å². The normalized spacial score (nSPS) is 20.5. The van der Waals surface area contributed by atoms with Crippen LogP contribution in [0.5, 0.6) is 11.5 Å². The number of aliphatic hydroxyl groups is 1. The predicted molar refractivity (Wildman–Crippen MR) is 159 cm³/mol. The van der Waals surface area contributed by atoms with E-state index in [2.05, 4.69) is 40.5 Å². The lowest BCUT2D eigenvalue weighted by Gasteiger charge is -2.39. The van der Waals surface area contributed by atoms with Crippen LogP contribution in [0.15, 0.2) is 42.5 Å². The summed E-state index contributed by atoms with van der Waals surface area (Å²) in [5, 5.41) is 12.8. The van der Waals surface area contributed by atoms with Crippen molar-refractivity contribution in [3.8, 4) is 11.5 Å². The Balaban J connectivity index is 1.43. The number of fused-ring (bicyclic) bond motifs is 1. The van der Waals surface area contributed by atoms with Gasteiger partial charge in [0.25, 0.3) is 0 Å². The topological polar surface area (TPSA) is 90.9 Å². The van der Waals surface area contributed by atoms with Gasteiger partial charge < -0.3 is 43.7 Å². The summed E-state index contributed by atoms with van der Waals surface area (Å²) in [7, 11) is 3.46. The third-order valence-electron chi connectivity index (χ3n) is 7.63. The third kappa shape index (κ3) is 9.56. The monoisotopic (exact) mass is 572 g/mol. The highest BCUT2D eigenvalue weighted by molar-refractivity contribution is 5.61. The van der Waals surface area contributed by atoms with E-state index in [9.17, 15) is 5.11 Å². The van der Waals surface area contributed by atoms with Crippen LogP contribution in [-0.4, -0.2) is 97.4 Å². The zero-order valence-corrected chi connectivity index (χ0v) is 24.7. The first-order valence-electron chi connectivity index (χ1n) is 15.0. The Kier molecular flexibility index (Phi) is 13.5. The minimum absolute atomic E-state index is 0.0530. The van der Waals surface area contributed by atoms with E-state index in [4.69, 9.17) is 28.4 Å². The predicted octanol–water partition coefficient (Wildman–Crippen LogP) is 3.77. The van der Waals surface area contributed by atoms with Gasteiger partial charge in [0.2, 0.25) is 0 Å². The van der Waals surface area contributed by atoms with E-state index < -0.39 is 0 Å². The first kappa shape index (κ1) is 31.5. The largest absolute Gasteiger partial charge is 0.494 e. The highest BCUT2D eigenvalue weighted by Crippen LogP contribution is 2.35. The fourth-order valence-corrected chi connectivity index (χ4v) is 5.48. The second kappa shape index (κ2) is 17.5. The molecule has 4 rings (SSSR count). The lowest BCUT2D eigenvalue weighted by atomic mass is 9.85. The fourth-order valence-electron chi connectivity index (χ4n) is 5.48. The Hall–Kier alpha value is -2.40. The number of methoxy groups -OCH3 is 2. The van der Waals surface area contributed by atoms with Crippen LogP contribution in [-0.2, 0) is 25.6 Å². The number of anilines is 1. The van der Waals surface area contributed by atoms with Crippen LogP contribution < -0.4 is 19.7 Å². The molecule has 2 N–H and O–H groups in total. The third-order valence-corrected chi connectivity index (χ3v) is 7.63. The fraction of sp³-hybridized carbons (Fsp3) is 0.625. The molecule has 0 saturated carbocycles. The zero-order valence-electron chi connectivity index (χ0n) is 24.7. The summed E-state index contributed by atoms with van der Waals surface area (Å²) >= 11 is 0. The number of hydrogen-bond donors (Lipinski definition) is 2. The molecule has 2 aromatic rings. The molecule has 0 bridgehead atoms. The standard InChI is InChI=1S/C32H48N2O7/c1-36-16-3-4-18-38-27-10-8-26(9-11-27)32-30(39-19-6-15-35)22-33-23-31(32)41-24-25-7-12-29-28(21-25)34(14-20-40-29)13-5-17-37-2/h7-12,21,30-33,35H,3-6,13-20,22-24H2,1-2H3/t30-,31+,32+/m1/s1. The molecule has 41 heavy (non-hydrogen) atoms. The lowest BCUT2D eigenvalue weighted by Crippen LogP contribution is -2.50. The molecular weight excluding hydrogens is 524 g/mol. The zero-order chi connectivity index (χ0) is 28.7. The Morgan fingerprint density at radius 3 is 2.41 bits per heavy atom. The number of ether oxygens (including phenoxy) is 6. The number of aliphatic hydroxyl groups excluding tert-OH is 1. The maximum Gasteiger partial charge on any atom is 0.142 e. The van der Waals surface area contributed by atoms with Crippen LogP contribution in [0.3, 0.4) is 0 Å². The first-order chi connectivity index (χ1) is 20.2. The average Bonchev–Trinajstić information content (AvgIpc) is 3.01. The summed E-state index contributed by atoms with van der Waals surface area (Å²) in [6, 6.07) is 14.7. The van der Waals surface area contributed by atoms with E-state index >= 15 is 0 Å². The molecule has 0 aliphatic carbocycles. The Morgan fingerprint density at radius 1 is 0.878 bits per heavy atom. The summed E-state index contributed by atoms with van der Waals surface area (Å²) in [5.41, 5.74) is 3.40. The van der Waals surface area contributed by atoms with E-state index in [1.807, 2.05) is 12.1 Å². The molecule has 2 aliphatic heterocycles. The molecule has 2 heterocycles. The Labute approximate surface area is 245 Å². The average molecular weight is 573 g/mol. The van der Waals surface area contributed by atoms with Gasteiger partial charge in [-0.1, -0.05) is 18.2 Å². The molecule has 0 aromatic heterocycles. The van der Waals surface area contributed by atoms with Crippen molar-refractivity contribution in [3.05, 3.63) is 53.6 Å². The number of nitrogens with zero attached hydrogens (tertiary/aromatic N) is 1. The van der Waals surface area contributed by atoms with Crippen LogP contribution in [0.4, 0.5) is 5.69 Å². The highest BCUT2D eigenvalue weighted by atomic mass is 16.5. The molecule has 9 nitrogen and oxygen atoms in total. The van der Waals surface area contributed by atoms with Crippen molar-refractivity contribution in [2.24, 2.45) is 0 Å². The molecule has 2 aromatic carbocycles. The van der Waals surface area contributed by atoms with Crippen molar-refractivity contribution >= 4 is 5.69 Å². The quantitative estimate of drug-likeness (QED) is 0.259. The highest BCUT2D eigenvalue weighted by Gasteiger charge is 2.36. The molecule has 0 amide bonds. The molecular formula is C32H48N2O7. The SMILES string of the molecule is COCCCCOc1ccc([C@@H]2[C@@H](OCc3ccc4c(c3)N(CCCOC)CCO4)CNC[C@H]2OCCCO)cc1. The van der Waals surface area contributed by atoms with Crippen molar-refractivity contribution in [1.29, 1.82) is 0 Å². The van der Waals surface area contributed by atoms with Gasteiger partial charge in [0.05, 0.1) is 37.7 Å². The van der Waals surface area contributed by atoms with Gasteiger partial charge in [0.15, 0.2) is 0 Å². The lowest BCUT2D eigenvalue weighted by molar-refractivity contribution is -0.0616. The summed E-state index contributed by atoms with van der Waals surface area (Å²) in [6.45, 7) is 7.26. The van der Waals surface area contributed by atoms with Crippen LogP contribution in [0.25, 0.3) is 0 Å². The van der Waals surface area contributed by atoms with Gasteiger partial charge in [-0.25, -0.2) is 0 Å². The molecule has 0 unspecified atom stereocenters. The molecule has 228 valence electrons. The molecule has 1 saturated heterocycles. The number of benzene rings is 2. The van der Waals surface area contributed by atoms with Crippen molar-refractivity contribution in [1.82, 2.24) is 5.32 Å². The van der Waals surface area contributed by atoms with Gasteiger partial charge in [0.1, 0.15) is 18.1 Å². The van der Waals surface area contributed by atoms with Crippen molar-refractivity contribution in [2.75, 3.05) is 84.9 Å². The van der Waals surface area contributed by atoms with Crippen LogP contribution in [0.1, 0.15) is 42.7 Å². The van der Waals surface area contributed by atoms with Gasteiger partial charge in [0, 0.05) is 66.2 Å². The molecule has 0 radical (unpaired) electrons. The Bertz CT molecular complexity index is 1010. The summed E-state index contributed by atoms with van der Waals surface area (Å²) in [5.74, 6) is 1.84. The van der Waals surface area contributed by atoms with Gasteiger partial charge in [-0.05, 0) is 61.1 Å². The molecule has 2 aliphatic rings. The molecule has 1 fully saturated rings. The molecule has 9 heteroatoms. The van der Waals surface area contributed by atoms with E-state index in [0.717, 1.165) is 81.4 Å². The summed E-state index contributed by atoms with van der Waals surface area (Å²) in [4.78, 5) is 2.37. The van der Waals surface area contributed by atoms with Gasteiger partial charge in [-0.2, -0.15) is 0 Å². The van der Waals surface area contributed by atoms with Crippen molar-refractivity contribution < 1.29 is 33.5 Å². The van der Waals surface area contributed by atoms with E-state index in [0.29, 0.717) is 32.8 Å². The minimum atomic E-state index is -0.0752. The van der Waals surface area contributed by atoms with E-state index in [1.54, 1.807) is 14.2 Å². The number of rotatable bonds is 18. The number of hydrogen-bond acceptors (Lipinski definition) is 9. The van der Waals surface area contributed by atoms with Crippen LogP contribution in [0, 0.1) is 0 Å². The Morgan fingerprint density at radius 2 is 1.63 bits per heavy atom. The second-order valence-corrected chi connectivity index (χ2v) is 10.6. The van der Waals surface area contributed by atoms with Crippen LogP contribution in [0.2, 0.25) is 0 Å². The maximum absolute atomic E-state index is 9.29. The van der Waals surface area contributed by atoms with E-state index in [-0.39, 0.29) is 24.7 Å². The number of nitrogens with one attached hydrogen (secondary N) is 1. The minimum Gasteiger partial charge on any atom is -0.494 e. The van der Waals surface area contributed by atoms with Crippen LogP contribution >= 0.6 is 0 Å². The molecule has 0 spiro atoms. The summed E-state index contributed by atoms with van der Waals surface area (Å²) < 4.78 is 35.1. The summed E-state index contributed by atoms with van der Waals surface area (Å²) in [6.07, 6.45) is 3.39. The van der Waals surface area contributed by atoms with E-state index in [1.165, 1.54) is 5.56 Å². The van der Waals surface area contributed by atoms with Crippen molar-refractivity contribution in [2.45, 2.75) is 50.4 Å². The molecule has 3 atom stereocenters. The van der Waals surface area contributed by atoms with Gasteiger partial charge >= 0.3 is 0 Å². The number of unbranched alkanes of at least 4 members (excludes halogenated alkanes) is 1. The van der Waals surface area contributed by atoms with Crippen molar-refractivity contribution in [3.63, 3.8) is 0 Å². The smallest absolute Gasteiger partial charge is 0.142 e. The maximum atomic E-state index is 9.29. The first-order valence-corrected chi connectivity index (χ1v) is 15.0. The van der Waals surface area contributed by atoms with Gasteiger partial charge in [-0.15, -0.1) is 0 Å². The number of piperidine rings is 1.